The van der Waals surface area contributed by atoms with Crippen molar-refractivity contribution in [1.29, 1.82) is 0 Å². The molecule has 7 heteroatoms. The van der Waals surface area contributed by atoms with Gasteiger partial charge in [-0.15, -0.1) is 11.3 Å². The molecule has 1 fully saturated rings. The lowest BCUT2D eigenvalue weighted by molar-refractivity contribution is -0.142. The van der Waals surface area contributed by atoms with E-state index in [0.717, 1.165) is 10.7 Å². The monoisotopic (exact) mass is 270 g/mol. The fraction of sp³-hybridized carbons (Fsp3) is 0.545. The Kier molecular flexibility index (Phi) is 3.63. The van der Waals surface area contributed by atoms with E-state index in [2.05, 4.69) is 10.3 Å². The third-order valence-corrected chi connectivity index (χ3v) is 3.99. The van der Waals surface area contributed by atoms with Gasteiger partial charge < -0.3 is 15.5 Å². The van der Waals surface area contributed by atoms with Gasteiger partial charge in [-0.3, -0.25) is 9.59 Å². The molecule has 0 unspecified atom stereocenters. The zero-order valence-electron chi connectivity index (χ0n) is 9.79. The number of nitrogens with one attached hydrogen (secondary N) is 1. The van der Waals surface area contributed by atoms with E-state index in [1.807, 2.05) is 12.3 Å². The Morgan fingerprint density at radius 1 is 1.56 bits per heavy atom. The average Bonchev–Trinajstić information content (AvgIpc) is 2.83. The number of aromatic nitrogens is 1. The van der Waals surface area contributed by atoms with Crippen LogP contribution in [-0.4, -0.2) is 39.7 Å². The van der Waals surface area contributed by atoms with Crippen molar-refractivity contribution in [2.75, 3.05) is 6.54 Å². The zero-order chi connectivity index (χ0) is 13.3. The summed E-state index contributed by atoms with van der Waals surface area (Å²) in [6, 6.07) is -0.812. The van der Waals surface area contributed by atoms with Gasteiger partial charge in [-0.25, -0.2) is 4.98 Å². The topological polar surface area (TPSA) is 99.5 Å². The molecule has 0 spiro atoms. The van der Waals surface area contributed by atoms with Crippen LogP contribution in [-0.2, 0) is 9.59 Å². The maximum absolute atomic E-state index is 11.1. The molecule has 0 aliphatic carbocycles. The molecule has 3 N–H and O–H groups in total. The van der Waals surface area contributed by atoms with E-state index >= 15 is 0 Å². The Bertz CT molecular complexity index is 473. The van der Waals surface area contributed by atoms with E-state index in [1.54, 1.807) is 0 Å². The third-order valence-electron chi connectivity index (χ3n) is 3.20. The first kappa shape index (κ1) is 13.0. The van der Waals surface area contributed by atoms with Crippen molar-refractivity contribution >= 4 is 23.3 Å². The summed E-state index contributed by atoms with van der Waals surface area (Å²) in [7, 11) is 0. The number of aliphatic carboxylic acids is 2. The average molecular weight is 270 g/mol. The van der Waals surface area contributed by atoms with Crippen LogP contribution in [0, 0.1) is 12.8 Å². The van der Waals surface area contributed by atoms with Crippen LogP contribution in [0.4, 0.5) is 0 Å². The smallest absolute Gasteiger partial charge is 0.321 e. The Hall–Kier alpha value is -1.47. The minimum Gasteiger partial charge on any atom is -0.481 e. The van der Waals surface area contributed by atoms with E-state index in [0.29, 0.717) is 6.54 Å². The van der Waals surface area contributed by atoms with Crippen molar-refractivity contribution in [3.63, 3.8) is 0 Å². The third kappa shape index (κ3) is 2.51. The number of carboxylic acids is 2. The summed E-state index contributed by atoms with van der Waals surface area (Å²) in [5.74, 6) is -2.59. The molecule has 1 aromatic rings. The molecule has 0 saturated carbocycles. The van der Waals surface area contributed by atoms with Crippen LogP contribution in [0.25, 0.3) is 0 Å². The van der Waals surface area contributed by atoms with Crippen LogP contribution in [0.1, 0.15) is 23.0 Å². The van der Waals surface area contributed by atoms with E-state index < -0.39 is 23.9 Å². The second-order valence-electron chi connectivity index (χ2n) is 4.38. The summed E-state index contributed by atoms with van der Waals surface area (Å²) < 4.78 is 0. The van der Waals surface area contributed by atoms with Crippen molar-refractivity contribution < 1.29 is 19.8 Å². The largest absolute Gasteiger partial charge is 0.481 e. The molecular formula is C11H14N2O4S. The van der Waals surface area contributed by atoms with Crippen LogP contribution >= 0.6 is 11.3 Å². The molecule has 1 saturated heterocycles. The highest BCUT2D eigenvalue weighted by Crippen LogP contribution is 2.34. The van der Waals surface area contributed by atoms with Gasteiger partial charge in [0.15, 0.2) is 0 Å². The minimum atomic E-state index is -1.00. The van der Waals surface area contributed by atoms with Crippen LogP contribution < -0.4 is 5.32 Å². The van der Waals surface area contributed by atoms with Crippen LogP contribution in [0.5, 0.6) is 0 Å². The number of hydrogen-bond donors (Lipinski definition) is 3. The van der Waals surface area contributed by atoms with Gasteiger partial charge in [-0.05, 0) is 6.92 Å². The fourth-order valence-corrected chi connectivity index (χ4v) is 3.07. The summed E-state index contributed by atoms with van der Waals surface area (Å²) >= 11 is 1.49. The second-order valence-corrected chi connectivity index (χ2v) is 5.45. The lowest BCUT2D eigenvalue weighted by Gasteiger charge is -2.18. The quantitative estimate of drug-likeness (QED) is 0.744. The number of aryl methyl sites for hydroxylation is 1. The first-order chi connectivity index (χ1) is 8.49. The molecule has 0 amide bonds. The van der Waals surface area contributed by atoms with Gasteiger partial charge in [-0.2, -0.15) is 0 Å². The predicted molar refractivity (Wildman–Crippen MR) is 64.8 cm³/mol. The first-order valence-corrected chi connectivity index (χ1v) is 6.47. The van der Waals surface area contributed by atoms with Crippen LogP contribution in [0.15, 0.2) is 5.38 Å². The van der Waals surface area contributed by atoms with Crippen LogP contribution in [0.3, 0.4) is 0 Å². The molecule has 0 radical (unpaired) electrons. The van der Waals surface area contributed by atoms with E-state index in [1.165, 1.54) is 11.3 Å². The molecule has 2 rings (SSSR count). The number of thiazole rings is 1. The highest BCUT2D eigenvalue weighted by molar-refractivity contribution is 7.09. The van der Waals surface area contributed by atoms with Gasteiger partial charge >= 0.3 is 11.9 Å². The Morgan fingerprint density at radius 3 is 2.78 bits per heavy atom. The molecule has 1 aliphatic heterocycles. The lowest BCUT2D eigenvalue weighted by Crippen LogP contribution is -2.36. The molecular weight excluding hydrogens is 256 g/mol. The fourth-order valence-electron chi connectivity index (χ4n) is 2.40. The maximum atomic E-state index is 11.1. The Labute approximate surface area is 108 Å². The zero-order valence-corrected chi connectivity index (χ0v) is 10.6. The summed E-state index contributed by atoms with van der Waals surface area (Å²) in [4.78, 5) is 26.3. The molecule has 3 atom stereocenters. The van der Waals surface area contributed by atoms with Crippen LogP contribution in [0.2, 0.25) is 0 Å². The number of carboxylic acid groups (broad SMARTS) is 2. The van der Waals surface area contributed by atoms with Gasteiger partial charge in [-0.1, -0.05) is 0 Å². The van der Waals surface area contributed by atoms with E-state index in [-0.39, 0.29) is 12.3 Å². The number of carbonyl (C=O) groups is 2. The van der Waals surface area contributed by atoms with Gasteiger partial charge in [0.1, 0.15) is 6.04 Å². The summed E-state index contributed by atoms with van der Waals surface area (Å²) in [6.07, 6.45) is -0.162. The van der Waals surface area contributed by atoms with Crippen molar-refractivity contribution in [3.05, 3.63) is 16.1 Å². The molecule has 1 aliphatic rings. The SMILES string of the molecule is Cc1nc([C@H]2CN[C@H](C(=O)O)[C@H]2CC(=O)O)cs1. The maximum Gasteiger partial charge on any atom is 0.321 e. The molecule has 98 valence electrons. The minimum absolute atomic E-state index is 0.146. The van der Waals surface area contributed by atoms with Gasteiger partial charge in [0.05, 0.1) is 17.1 Å². The first-order valence-electron chi connectivity index (χ1n) is 5.59. The van der Waals surface area contributed by atoms with Crippen molar-refractivity contribution in [3.8, 4) is 0 Å². The van der Waals surface area contributed by atoms with Crippen molar-refractivity contribution in [2.45, 2.75) is 25.3 Å². The van der Waals surface area contributed by atoms with Crippen molar-refractivity contribution in [2.24, 2.45) is 5.92 Å². The molecule has 2 heterocycles. The summed E-state index contributed by atoms with van der Waals surface area (Å²) in [6.45, 7) is 2.33. The highest BCUT2D eigenvalue weighted by atomic mass is 32.1. The summed E-state index contributed by atoms with van der Waals surface area (Å²) in [5.41, 5.74) is 0.792. The molecule has 18 heavy (non-hydrogen) atoms. The van der Waals surface area contributed by atoms with E-state index in [4.69, 9.17) is 10.2 Å². The lowest BCUT2D eigenvalue weighted by atomic mass is 9.86. The van der Waals surface area contributed by atoms with Gasteiger partial charge in [0.25, 0.3) is 0 Å². The second kappa shape index (κ2) is 5.03. The number of hydrogen-bond acceptors (Lipinski definition) is 5. The molecule has 0 aromatic carbocycles. The molecule has 1 aromatic heterocycles. The Morgan fingerprint density at radius 2 is 2.28 bits per heavy atom. The number of rotatable bonds is 4. The van der Waals surface area contributed by atoms with E-state index in [9.17, 15) is 9.59 Å². The highest BCUT2D eigenvalue weighted by Gasteiger charge is 2.42. The number of nitrogens with zero attached hydrogens (tertiary/aromatic N) is 1. The molecule has 6 nitrogen and oxygen atoms in total. The van der Waals surface area contributed by atoms with Crippen molar-refractivity contribution in [1.82, 2.24) is 10.3 Å². The van der Waals surface area contributed by atoms with Gasteiger partial charge in [0, 0.05) is 23.8 Å². The Balaban J connectivity index is 2.24. The standard InChI is InChI=1S/C11H14N2O4S/c1-5-13-8(4-18-5)7-3-12-10(11(16)17)6(7)2-9(14)15/h4,6-7,10,12H,2-3H2,1H3,(H,14,15)(H,16,17)/t6-,7-,10-/m0/s1. The summed E-state index contributed by atoms with van der Waals surface area (Å²) in [5, 5.41) is 23.6. The normalized spacial score (nSPS) is 27.3. The van der Waals surface area contributed by atoms with Gasteiger partial charge in [0.2, 0.25) is 0 Å². The predicted octanol–water partition coefficient (Wildman–Crippen LogP) is 0.682. The molecule has 0 bridgehead atoms.